The average molecular weight is 484 g/mol. The second kappa shape index (κ2) is 10.2. The van der Waals surface area contributed by atoms with E-state index < -0.39 is 16.0 Å². The first-order valence-corrected chi connectivity index (χ1v) is 12.1. The summed E-state index contributed by atoms with van der Waals surface area (Å²) in [7, 11) is -3.95. The molecule has 8 nitrogen and oxygen atoms in total. The number of carbonyl (C=O) groups excluding carboxylic acids is 1. The molecule has 0 bridgehead atoms. The molecule has 1 aromatic carbocycles. The van der Waals surface area contributed by atoms with Crippen molar-refractivity contribution in [1.82, 2.24) is 14.2 Å². The van der Waals surface area contributed by atoms with Gasteiger partial charge in [-0.05, 0) is 44.2 Å². The lowest BCUT2D eigenvalue weighted by Gasteiger charge is -2.38. The molecule has 32 heavy (non-hydrogen) atoms. The molecule has 1 saturated heterocycles. The highest BCUT2D eigenvalue weighted by atomic mass is 35.5. The molecule has 1 aromatic heterocycles. The van der Waals surface area contributed by atoms with Gasteiger partial charge in [0, 0.05) is 44.0 Å². The van der Waals surface area contributed by atoms with Gasteiger partial charge in [0.25, 0.3) is 0 Å². The molecular weight excluding hydrogens is 457 g/mol. The van der Waals surface area contributed by atoms with Crippen molar-refractivity contribution in [3.05, 3.63) is 58.6 Å². The quantitative estimate of drug-likeness (QED) is 0.578. The van der Waals surface area contributed by atoms with Crippen LogP contribution in [0.25, 0.3) is 0 Å². The number of hydrogen-bond acceptors (Lipinski definition) is 6. The number of ketones is 1. The van der Waals surface area contributed by atoms with Crippen LogP contribution in [-0.4, -0.2) is 67.2 Å². The fraction of sp³-hybridized carbons (Fsp3) is 0.429. The zero-order valence-corrected chi connectivity index (χ0v) is 19.6. The molecule has 1 aliphatic rings. The first-order valence-electron chi connectivity index (χ1n) is 10.3. The Morgan fingerprint density at radius 3 is 2.44 bits per heavy atom. The molecule has 0 saturated carbocycles. The molecule has 1 aliphatic heterocycles. The number of nitrogens with zero attached hydrogens (tertiary/aromatic N) is 4. The lowest BCUT2D eigenvalue weighted by molar-refractivity contribution is 0.100. The van der Waals surface area contributed by atoms with Gasteiger partial charge in [0.15, 0.2) is 5.78 Å². The molecule has 174 valence electrons. The topological polar surface area (TPSA) is 99.8 Å². The van der Waals surface area contributed by atoms with Crippen molar-refractivity contribution in [2.24, 2.45) is 5.73 Å². The van der Waals surface area contributed by atoms with Crippen LogP contribution in [0.5, 0.6) is 0 Å². The molecule has 2 heterocycles. The zero-order valence-electron chi connectivity index (χ0n) is 18.0. The van der Waals surface area contributed by atoms with Gasteiger partial charge in [0.2, 0.25) is 0 Å². The first-order chi connectivity index (χ1) is 15.1. The summed E-state index contributed by atoms with van der Waals surface area (Å²) in [5.41, 5.74) is 6.37. The maximum absolute atomic E-state index is 13.7. The Morgan fingerprint density at radius 1 is 1.22 bits per heavy atom. The van der Waals surface area contributed by atoms with E-state index in [2.05, 4.69) is 23.7 Å². The molecular formula is C21H27ClFN5O3S. The lowest BCUT2D eigenvalue weighted by atomic mass is 10.2. The normalized spacial score (nSPS) is 15.8. The van der Waals surface area contributed by atoms with Gasteiger partial charge in [0.1, 0.15) is 5.82 Å². The number of piperazine rings is 1. The summed E-state index contributed by atoms with van der Waals surface area (Å²) >= 11 is 5.94. The summed E-state index contributed by atoms with van der Waals surface area (Å²) in [6.45, 7) is 5.80. The number of pyridine rings is 1. The summed E-state index contributed by atoms with van der Waals surface area (Å²) < 4.78 is 43.5. The summed E-state index contributed by atoms with van der Waals surface area (Å²) in [6, 6.07) is 7.24. The number of Topliss-reactive ketones (excluding diaryl/α,β-unsaturated/α-hetero) is 1. The van der Waals surface area contributed by atoms with Crippen molar-refractivity contribution in [3.8, 4) is 0 Å². The van der Waals surface area contributed by atoms with Crippen molar-refractivity contribution in [2.45, 2.75) is 26.4 Å². The monoisotopic (exact) mass is 483 g/mol. The van der Waals surface area contributed by atoms with Crippen LogP contribution in [0.1, 0.15) is 29.9 Å². The van der Waals surface area contributed by atoms with E-state index >= 15 is 0 Å². The smallest absolute Gasteiger partial charge is 0.304 e. The van der Waals surface area contributed by atoms with E-state index in [1.165, 1.54) is 22.6 Å². The van der Waals surface area contributed by atoms with E-state index in [-0.39, 0.29) is 29.6 Å². The largest absolute Gasteiger partial charge is 0.324 e. The van der Waals surface area contributed by atoms with Gasteiger partial charge in [-0.25, -0.2) is 4.39 Å². The van der Waals surface area contributed by atoms with Crippen molar-refractivity contribution < 1.29 is 17.6 Å². The van der Waals surface area contributed by atoms with Gasteiger partial charge >= 0.3 is 10.2 Å². The van der Waals surface area contributed by atoms with Crippen LogP contribution in [0.3, 0.4) is 0 Å². The van der Waals surface area contributed by atoms with E-state index in [4.69, 9.17) is 17.3 Å². The number of halogens is 2. The third kappa shape index (κ3) is 5.44. The van der Waals surface area contributed by atoms with Gasteiger partial charge in [0.05, 0.1) is 29.5 Å². The summed E-state index contributed by atoms with van der Waals surface area (Å²) in [5, 5.41) is -0.177. The molecule has 2 aromatic rings. The van der Waals surface area contributed by atoms with E-state index in [1.807, 2.05) is 0 Å². The molecule has 0 amide bonds. The van der Waals surface area contributed by atoms with Crippen LogP contribution in [0.2, 0.25) is 5.02 Å². The fourth-order valence-corrected chi connectivity index (χ4v) is 5.24. The number of rotatable bonds is 8. The molecule has 1 fully saturated rings. The molecule has 0 unspecified atom stereocenters. The molecule has 2 N–H and O–H groups in total. The third-order valence-electron chi connectivity index (χ3n) is 5.44. The third-order valence-corrected chi connectivity index (χ3v) is 7.64. The second-order valence-corrected chi connectivity index (χ2v) is 10.1. The molecule has 0 aliphatic carbocycles. The molecule has 3 rings (SSSR count). The van der Waals surface area contributed by atoms with Crippen molar-refractivity contribution >= 4 is 33.3 Å². The number of benzene rings is 1. The van der Waals surface area contributed by atoms with E-state index in [0.29, 0.717) is 43.5 Å². The number of anilines is 1. The molecule has 0 radical (unpaired) electrons. The summed E-state index contributed by atoms with van der Waals surface area (Å²) in [5.74, 6) is -0.900. The molecule has 0 atom stereocenters. The predicted octanol–water partition coefficient (Wildman–Crippen LogP) is 2.29. The van der Waals surface area contributed by atoms with Gasteiger partial charge in [-0.1, -0.05) is 11.6 Å². The maximum Gasteiger partial charge on any atom is 0.304 e. The standard InChI is InChI=1S/C21H27ClFN5O3S/c1-15(2)26-7-9-27(10-8-26)32(30,31)28(18-5-6-20(23)19(22)11-18)14-17-4-3-16(13-25-17)21(29)12-24/h3-6,11,13,15H,7-10,12,14,24H2,1-2H3. The van der Waals surface area contributed by atoms with Crippen LogP contribution in [0.15, 0.2) is 36.5 Å². The van der Waals surface area contributed by atoms with Crippen LogP contribution >= 0.6 is 11.6 Å². The minimum atomic E-state index is -3.95. The lowest BCUT2D eigenvalue weighted by Crippen LogP contribution is -2.54. The Bertz CT molecular complexity index is 1060. The highest BCUT2D eigenvalue weighted by Crippen LogP contribution is 2.28. The van der Waals surface area contributed by atoms with E-state index in [0.717, 1.165) is 10.4 Å². The predicted molar refractivity (Wildman–Crippen MR) is 122 cm³/mol. The summed E-state index contributed by atoms with van der Waals surface area (Å²) in [6.07, 6.45) is 1.37. The van der Waals surface area contributed by atoms with Crippen LogP contribution in [-0.2, 0) is 16.8 Å². The number of hydrogen-bond donors (Lipinski definition) is 1. The average Bonchev–Trinajstić information content (AvgIpc) is 2.79. The van der Waals surface area contributed by atoms with Gasteiger partial charge in [-0.15, -0.1) is 0 Å². The van der Waals surface area contributed by atoms with Crippen molar-refractivity contribution in [2.75, 3.05) is 37.0 Å². The Hall–Kier alpha value is -2.11. The number of nitrogens with two attached hydrogens (primary N) is 1. The van der Waals surface area contributed by atoms with Gasteiger partial charge < -0.3 is 5.73 Å². The minimum Gasteiger partial charge on any atom is -0.324 e. The Kier molecular flexibility index (Phi) is 7.84. The zero-order chi connectivity index (χ0) is 23.5. The van der Waals surface area contributed by atoms with Crippen molar-refractivity contribution in [1.29, 1.82) is 0 Å². The van der Waals surface area contributed by atoms with Gasteiger partial charge in [-0.3, -0.25) is 19.0 Å². The van der Waals surface area contributed by atoms with Crippen LogP contribution in [0, 0.1) is 5.82 Å². The maximum atomic E-state index is 13.7. The molecule has 11 heteroatoms. The number of aromatic nitrogens is 1. The fourth-order valence-electron chi connectivity index (χ4n) is 3.48. The van der Waals surface area contributed by atoms with E-state index in [9.17, 15) is 17.6 Å². The number of carbonyl (C=O) groups is 1. The Morgan fingerprint density at radius 2 is 1.91 bits per heavy atom. The van der Waals surface area contributed by atoms with Crippen molar-refractivity contribution in [3.63, 3.8) is 0 Å². The van der Waals surface area contributed by atoms with Crippen LogP contribution < -0.4 is 10.0 Å². The second-order valence-electron chi connectivity index (χ2n) is 7.81. The Labute approximate surface area is 192 Å². The highest BCUT2D eigenvalue weighted by molar-refractivity contribution is 7.90. The Balaban J connectivity index is 1.92. The minimum absolute atomic E-state index is 0.105. The SMILES string of the molecule is CC(C)N1CCN(S(=O)(=O)N(Cc2ccc(C(=O)CN)cn2)c2ccc(F)c(Cl)c2)CC1. The molecule has 0 spiro atoms. The van der Waals surface area contributed by atoms with Crippen LogP contribution in [0.4, 0.5) is 10.1 Å². The first kappa shape index (κ1) is 24.5. The van der Waals surface area contributed by atoms with E-state index in [1.54, 1.807) is 12.1 Å². The van der Waals surface area contributed by atoms with Gasteiger partial charge in [-0.2, -0.15) is 12.7 Å². The highest BCUT2D eigenvalue weighted by Gasteiger charge is 2.33. The summed E-state index contributed by atoms with van der Waals surface area (Å²) in [4.78, 5) is 18.2.